The number of methoxy groups -OCH3 is 1. The van der Waals surface area contributed by atoms with Crippen LogP contribution in [0.25, 0.3) is 10.9 Å². The van der Waals surface area contributed by atoms with Gasteiger partial charge in [0.1, 0.15) is 0 Å². The number of nitrogens with zero attached hydrogens (tertiary/aromatic N) is 2. The monoisotopic (exact) mass is 483 g/mol. The van der Waals surface area contributed by atoms with Crippen LogP contribution in [0.5, 0.6) is 0 Å². The zero-order valence-electron chi connectivity index (χ0n) is 19.8. The molecule has 0 radical (unpaired) electrons. The normalized spacial score (nSPS) is 21.3. The highest BCUT2D eigenvalue weighted by Gasteiger charge is 2.54. The van der Waals surface area contributed by atoms with Gasteiger partial charge in [0.05, 0.1) is 22.5 Å². The average Bonchev–Trinajstić information content (AvgIpc) is 3.52. The van der Waals surface area contributed by atoms with Gasteiger partial charge in [0.2, 0.25) is 0 Å². The fourth-order valence-corrected chi connectivity index (χ4v) is 6.82. The lowest BCUT2D eigenvalue weighted by Gasteiger charge is -2.44. The molecule has 0 bridgehead atoms. The van der Waals surface area contributed by atoms with Gasteiger partial charge in [0, 0.05) is 30.7 Å². The fraction of sp³-hybridized carbons (Fsp3) is 0.310. The van der Waals surface area contributed by atoms with Crippen LogP contribution in [0.15, 0.2) is 78.3 Å². The van der Waals surface area contributed by atoms with Crippen molar-refractivity contribution in [2.75, 3.05) is 20.2 Å². The molecule has 0 saturated carbocycles. The molecule has 2 atom stereocenters. The second-order valence-electron chi connectivity index (χ2n) is 9.60. The number of aromatic nitrogens is 1. The van der Waals surface area contributed by atoms with Crippen LogP contribution >= 0.6 is 11.3 Å². The van der Waals surface area contributed by atoms with Crippen LogP contribution in [0.4, 0.5) is 0 Å². The van der Waals surface area contributed by atoms with Crippen LogP contribution in [-0.2, 0) is 16.7 Å². The van der Waals surface area contributed by atoms with Crippen molar-refractivity contribution in [2.45, 2.75) is 36.9 Å². The summed E-state index contributed by atoms with van der Waals surface area (Å²) in [5.41, 5.74) is 4.78. The molecule has 6 rings (SSSR count). The second kappa shape index (κ2) is 9.19. The first kappa shape index (κ1) is 22.4. The van der Waals surface area contributed by atoms with E-state index in [4.69, 9.17) is 4.74 Å². The van der Waals surface area contributed by atoms with E-state index in [1.807, 2.05) is 29.8 Å². The minimum atomic E-state index is -0.153. The molecule has 2 aromatic heterocycles. The van der Waals surface area contributed by atoms with E-state index in [1.165, 1.54) is 33.4 Å². The van der Waals surface area contributed by atoms with E-state index in [1.54, 1.807) is 7.11 Å². The number of rotatable bonds is 5. The molecule has 1 saturated heterocycles. The van der Waals surface area contributed by atoms with Crippen LogP contribution in [0.1, 0.15) is 45.2 Å². The molecule has 2 aromatic carbocycles. The van der Waals surface area contributed by atoms with Gasteiger partial charge in [0.15, 0.2) is 0 Å². The van der Waals surface area contributed by atoms with E-state index in [9.17, 15) is 4.79 Å². The number of likely N-dealkylation sites (tertiary alicyclic amines) is 1. The number of benzene rings is 2. The molecule has 178 valence electrons. The number of fused-ring (bicyclic) bond motifs is 3. The van der Waals surface area contributed by atoms with E-state index in [2.05, 4.69) is 63.7 Å². The summed E-state index contributed by atoms with van der Waals surface area (Å²) < 4.78 is 6.19. The Kier molecular flexibility index (Phi) is 5.88. The third kappa shape index (κ3) is 3.86. The standard InChI is InChI=1S/C29H29N3O2S/c1-34-27-26(31-28(33)24-12-6-18-35-24)22-10-2-3-11-23(22)29(27)13-16-32(17-14-29)19-21-8-4-7-20-9-5-15-30-25(20)21/h2-12,15,18,26-27H,13-14,16-17,19H2,1H3,(H,31,33)/t26-,27+/m1/s1. The van der Waals surface area contributed by atoms with E-state index in [0.29, 0.717) is 0 Å². The van der Waals surface area contributed by atoms with Gasteiger partial charge in [-0.25, -0.2) is 0 Å². The minimum Gasteiger partial charge on any atom is -0.378 e. The van der Waals surface area contributed by atoms with Gasteiger partial charge in [-0.1, -0.05) is 54.6 Å². The Morgan fingerprint density at radius 3 is 2.71 bits per heavy atom. The number of carbonyl (C=O) groups excluding carboxylic acids is 1. The van der Waals surface area contributed by atoms with Crippen molar-refractivity contribution in [3.8, 4) is 0 Å². The average molecular weight is 484 g/mol. The Labute approximate surface area is 209 Å². The first-order chi connectivity index (χ1) is 17.2. The quantitative estimate of drug-likeness (QED) is 0.417. The van der Waals surface area contributed by atoms with Crippen LogP contribution < -0.4 is 5.32 Å². The Morgan fingerprint density at radius 1 is 1.09 bits per heavy atom. The van der Waals surface area contributed by atoms with Crippen molar-refractivity contribution in [1.82, 2.24) is 15.2 Å². The van der Waals surface area contributed by atoms with Gasteiger partial charge in [0.25, 0.3) is 5.91 Å². The number of amides is 1. The summed E-state index contributed by atoms with van der Waals surface area (Å²) in [6.07, 6.45) is 3.77. The zero-order valence-corrected chi connectivity index (χ0v) is 20.6. The molecule has 2 aliphatic rings. The van der Waals surface area contributed by atoms with Crippen LogP contribution in [0.2, 0.25) is 0 Å². The molecular formula is C29H29N3O2S. The number of piperidine rings is 1. The number of thiophene rings is 1. The highest BCUT2D eigenvalue weighted by atomic mass is 32.1. The maximum absolute atomic E-state index is 13.0. The van der Waals surface area contributed by atoms with Crippen molar-refractivity contribution in [3.05, 3.63) is 99.9 Å². The third-order valence-corrected chi connectivity index (χ3v) is 8.69. The number of carbonyl (C=O) groups is 1. The molecule has 1 spiro atoms. The van der Waals surface area contributed by atoms with Crippen molar-refractivity contribution in [1.29, 1.82) is 0 Å². The molecule has 1 aliphatic heterocycles. The second-order valence-corrected chi connectivity index (χ2v) is 10.5. The Hall–Kier alpha value is -3.06. The van der Waals surface area contributed by atoms with Gasteiger partial charge >= 0.3 is 0 Å². The predicted molar refractivity (Wildman–Crippen MR) is 140 cm³/mol. The van der Waals surface area contributed by atoms with Crippen molar-refractivity contribution in [3.63, 3.8) is 0 Å². The summed E-state index contributed by atoms with van der Waals surface area (Å²) in [7, 11) is 1.79. The largest absolute Gasteiger partial charge is 0.378 e. The highest BCUT2D eigenvalue weighted by molar-refractivity contribution is 7.12. The number of nitrogens with one attached hydrogen (secondary N) is 1. The number of pyridine rings is 1. The summed E-state index contributed by atoms with van der Waals surface area (Å²) in [6, 6.07) is 22.8. The minimum absolute atomic E-state index is 0.0280. The molecule has 3 heterocycles. The van der Waals surface area contributed by atoms with Crippen molar-refractivity contribution in [2.24, 2.45) is 0 Å². The van der Waals surface area contributed by atoms with Gasteiger partial charge in [-0.05, 0) is 60.1 Å². The summed E-state index contributed by atoms with van der Waals surface area (Å²) in [5.74, 6) is -0.0280. The van der Waals surface area contributed by atoms with Crippen LogP contribution in [0, 0.1) is 0 Å². The number of hydrogen-bond donors (Lipinski definition) is 1. The molecule has 1 amide bonds. The van der Waals surface area contributed by atoms with Crippen molar-refractivity contribution >= 4 is 28.1 Å². The summed E-state index contributed by atoms with van der Waals surface area (Å²) >= 11 is 1.47. The van der Waals surface area contributed by atoms with E-state index in [-0.39, 0.29) is 23.5 Å². The smallest absolute Gasteiger partial charge is 0.261 e. The fourth-order valence-electron chi connectivity index (χ4n) is 6.19. The highest BCUT2D eigenvalue weighted by Crippen LogP contribution is 2.52. The molecule has 4 aromatic rings. The number of para-hydroxylation sites is 1. The van der Waals surface area contributed by atoms with Crippen LogP contribution in [0.3, 0.4) is 0 Å². The van der Waals surface area contributed by atoms with Crippen LogP contribution in [-0.4, -0.2) is 42.1 Å². The molecule has 1 N–H and O–H groups in total. The molecule has 1 aliphatic carbocycles. The van der Waals surface area contributed by atoms with E-state index in [0.717, 1.165) is 42.9 Å². The Balaban J connectivity index is 1.25. The van der Waals surface area contributed by atoms with Gasteiger partial charge in [-0.3, -0.25) is 14.7 Å². The maximum atomic E-state index is 13.0. The Bertz CT molecular complexity index is 1340. The maximum Gasteiger partial charge on any atom is 0.261 e. The molecule has 5 nitrogen and oxygen atoms in total. The molecule has 35 heavy (non-hydrogen) atoms. The topological polar surface area (TPSA) is 54.5 Å². The van der Waals surface area contributed by atoms with E-state index < -0.39 is 0 Å². The molecule has 6 heteroatoms. The molecule has 0 unspecified atom stereocenters. The number of hydrogen-bond acceptors (Lipinski definition) is 5. The van der Waals surface area contributed by atoms with Gasteiger partial charge in [-0.2, -0.15) is 0 Å². The molecular weight excluding hydrogens is 454 g/mol. The first-order valence-corrected chi connectivity index (χ1v) is 13.1. The van der Waals surface area contributed by atoms with Gasteiger partial charge < -0.3 is 10.1 Å². The Morgan fingerprint density at radius 2 is 1.91 bits per heavy atom. The summed E-state index contributed by atoms with van der Waals surface area (Å²) in [4.78, 5) is 20.9. The third-order valence-electron chi connectivity index (χ3n) is 7.82. The predicted octanol–water partition coefficient (Wildman–Crippen LogP) is 5.33. The van der Waals surface area contributed by atoms with Gasteiger partial charge in [-0.15, -0.1) is 11.3 Å². The van der Waals surface area contributed by atoms with E-state index >= 15 is 0 Å². The summed E-state index contributed by atoms with van der Waals surface area (Å²) in [6.45, 7) is 2.84. The zero-order chi connectivity index (χ0) is 23.8. The SMILES string of the molecule is CO[C@H]1[C@H](NC(=O)c2cccs2)c2ccccc2C12CCN(Cc1cccc3cccnc13)CC2. The lowest BCUT2D eigenvalue weighted by atomic mass is 9.71. The lowest BCUT2D eigenvalue weighted by Crippen LogP contribution is -2.50. The molecule has 1 fully saturated rings. The lowest BCUT2D eigenvalue weighted by molar-refractivity contribution is -0.0121. The first-order valence-electron chi connectivity index (χ1n) is 12.2. The van der Waals surface area contributed by atoms with Crippen molar-refractivity contribution < 1.29 is 9.53 Å². The number of ether oxygens (including phenoxy) is 1. The summed E-state index contributed by atoms with van der Waals surface area (Å²) in [5, 5.41) is 6.43.